The highest BCUT2D eigenvalue weighted by Gasteiger charge is 2.25. The van der Waals surface area contributed by atoms with Crippen LogP contribution in [0.3, 0.4) is 0 Å². The molecule has 24 heavy (non-hydrogen) atoms. The number of nitrogens with zero attached hydrogens (tertiary/aromatic N) is 1. The average molecular weight is 389 g/mol. The topological polar surface area (TPSA) is 58.6 Å². The van der Waals surface area contributed by atoms with Gasteiger partial charge in [-0.3, -0.25) is 4.79 Å². The Kier molecular flexibility index (Phi) is 4.57. The van der Waals surface area contributed by atoms with E-state index in [4.69, 9.17) is 4.74 Å². The Hall–Kier alpha value is -2.34. The van der Waals surface area contributed by atoms with Crippen LogP contribution in [0.4, 0.5) is 11.4 Å². The molecule has 0 unspecified atom stereocenters. The number of nitrogens with one attached hydrogen (secondary N) is 1. The minimum absolute atomic E-state index is 0.0583. The van der Waals surface area contributed by atoms with Crippen LogP contribution in [0.25, 0.3) is 0 Å². The molecule has 6 heteroatoms. The molecule has 1 aliphatic rings. The second kappa shape index (κ2) is 6.65. The number of anilines is 2. The summed E-state index contributed by atoms with van der Waals surface area (Å²) in [5.74, 6) is -0.0405. The number of aryl methyl sites for hydroxylation is 2. The summed E-state index contributed by atoms with van der Waals surface area (Å²) in [6.07, 6.45) is 0. The number of ether oxygens (including phenoxy) is 1. The fourth-order valence-electron chi connectivity index (χ4n) is 2.63. The van der Waals surface area contributed by atoms with Crippen LogP contribution in [0.1, 0.15) is 11.1 Å². The van der Waals surface area contributed by atoms with Crippen LogP contribution in [-0.4, -0.2) is 25.0 Å². The first-order valence-corrected chi connectivity index (χ1v) is 8.34. The van der Waals surface area contributed by atoms with E-state index in [0.717, 1.165) is 27.0 Å². The zero-order valence-electron chi connectivity index (χ0n) is 13.4. The summed E-state index contributed by atoms with van der Waals surface area (Å²) in [7, 11) is 0. The van der Waals surface area contributed by atoms with E-state index < -0.39 is 0 Å². The highest BCUT2D eigenvalue weighted by molar-refractivity contribution is 9.10. The number of hydrogen-bond donors (Lipinski definition) is 1. The maximum atomic E-state index is 12.4. The second-order valence-electron chi connectivity index (χ2n) is 5.81. The van der Waals surface area contributed by atoms with Crippen molar-refractivity contribution < 1.29 is 14.3 Å². The van der Waals surface area contributed by atoms with Crippen LogP contribution in [0, 0.1) is 13.8 Å². The number of halogens is 1. The summed E-state index contributed by atoms with van der Waals surface area (Å²) in [5, 5.41) is 2.89. The third-order valence-corrected chi connectivity index (χ3v) is 4.29. The number of carbonyl (C=O) groups is 2. The number of hydrogen-bond acceptors (Lipinski definition) is 4. The number of benzene rings is 2. The van der Waals surface area contributed by atoms with Gasteiger partial charge in [-0.1, -0.05) is 22.0 Å². The molecule has 0 spiro atoms. The first kappa shape index (κ1) is 16.5. The molecule has 124 valence electrons. The largest absolute Gasteiger partial charge is 0.423 e. The Morgan fingerprint density at radius 1 is 1.25 bits per heavy atom. The Morgan fingerprint density at radius 2 is 2.04 bits per heavy atom. The van der Waals surface area contributed by atoms with Crippen molar-refractivity contribution >= 4 is 39.2 Å². The van der Waals surface area contributed by atoms with E-state index in [1.807, 2.05) is 44.2 Å². The zero-order valence-corrected chi connectivity index (χ0v) is 15.0. The molecule has 2 aromatic rings. The van der Waals surface area contributed by atoms with Gasteiger partial charge in [-0.05, 0) is 55.3 Å². The van der Waals surface area contributed by atoms with Gasteiger partial charge in [0, 0.05) is 10.2 Å². The molecule has 1 amide bonds. The third-order valence-electron chi connectivity index (χ3n) is 3.80. The van der Waals surface area contributed by atoms with E-state index in [1.165, 1.54) is 0 Å². The average Bonchev–Trinajstić information content (AvgIpc) is 2.49. The van der Waals surface area contributed by atoms with Crippen LogP contribution < -0.4 is 15.0 Å². The molecule has 0 aliphatic carbocycles. The second-order valence-corrected chi connectivity index (χ2v) is 6.72. The molecule has 5 nitrogen and oxygen atoms in total. The molecular formula is C18H17BrN2O3. The Morgan fingerprint density at radius 3 is 2.79 bits per heavy atom. The van der Waals surface area contributed by atoms with Gasteiger partial charge < -0.3 is 15.0 Å². The summed E-state index contributed by atoms with van der Waals surface area (Å²) >= 11 is 3.40. The minimum atomic E-state index is -0.360. The van der Waals surface area contributed by atoms with Crippen molar-refractivity contribution in [3.63, 3.8) is 0 Å². The van der Waals surface area contributed by atoms with Gasteiger partial charge in [0.25, 0.3) is 0 Å². The van der Waals surface area contributed by atoms with Crippen molar-refractivity contribution in [3.8, 4) is 5.75 Å². The molecule has 0 bridgehead atoms. The molecule has 0 saturated carbocycles. The van der Waals surface area contributed by atoms with E-state index >= 15 is 0 Å². The predicted molar refractivity (Wildman–Crippen MR) is 96.5 cm³/mol. The highest BCUT2D eigenvalue weighted by atomic mass is 79.9. The Bertz CT molecular complexity index is 820. The fraction of sp³-hybridized carbons (Fsp3) is 0.222. The smallest absolute Gasteiger partial charge is 0.331 e. The lowest BCUT2D eigenvalue weighted by Crippen LogP contribution is -2.41. The molecule has 0 saturated heterocycles. The summed E-state index contributed by atoms with van der Waals surface area (Å²) in [6, 6.07) is 11.3. The van der Waals surface area contributed by atoms with Gasteiger partial charge in [-0.25, -0.2) is 4.79 Å². The summed E-state index contributed by atoms with van der Waals surface area (Å²) < 4.78 is 6.22. The predicted octanol–water partition coefficient (Wildman–Crippen LogP) is 3.43. The lowest BCUT2D eigenvalue weighted by molar-refractivity contribution is -0.133. The number of esters is 1. The van der Waals surface area contributed by atoms with Gasteiger partial charge in [0.15, 0.2) is 5.75 Å². The van der Waals surface area contributed by atoms with Crippen molar-refractivity contribution in [2.24, 2.45) is 0 Å². The number of carbonyl (C=O) groups excluding carboxylic acids is 2. The van der Waals surface area contributed by atoms with Gasteiger partial charge in [-0.15, -0.1) is 0 Å². The number of fused-ring (bicyclic) bond motifs is 1. The lowest BCUT2D eigenvalue weighted by Gasteiger charge is -2.29. The van der Waals surface area contributed by atoms with E-state index in [-0.39, 0.29) is 25.0 Å². The molecule has 0 radical (unpaired) electrons. The van der Waals surface area contributed by atoms with Gasteiger partial charge in [-0.2, -0.15) is 0 Å². The Balaban J connectivity index is 1.76. The molecule has 3 rings (SSSR count). The number of rotatable bonds is 3. The van der Waals surface area contributed by atoms with Crippen molar-refractivity contribution in [1.82, 2.24) is 0 Å². The van der Waals surface area contributed by atoms with E-state index in [0.29, 0.717) is 5.75 Å². The molecule has 1 heterocycles. The normalized spacial score (nSPS) is 13.3. The monoisotopic (exact) mass is 388 g/mol. The van der Waals surface area contributed by atoms with Crippen molar-refractivity contribution in [1.29, 1.82) is 0 Å². The van der Waals surface area contributed by atoms with E-state index in [2.05, 4.69) is 21.2 Å². The first-order valence-electron chi connectivity index (χ1n) is 7.54. The Labute approximate surface area is 148 Å². The number of amides is 1. The van der Waals surface area contributed by atoms with Gasteiger partial charge in [0.05, 0.1) is 12.2 Å². The summed E-state index contributed by atoms with van der Waals surface area (Å²) in [4.78, 5) is 25.9. The SMILES string of the molecule is Cc1ccc2c(c1)OC(=O)CN2CC(=O)Nc1ccc(Br)cc1C. The fourth-order valence-corrected chi connectivity index (χ4v) is 3.11. The van der Waals surface area contributed by atoms with Gasteiger partial charge in [0.2, 0.25) is 5.91 Å². The maximum absolute atomic E-state index is 12.4. The van der Waals surface area contributed by atoms with Crippen LogP contribution in [-0.2, 0) is 9.59 Å². The molecule has 0 aromatic heterocycles. The van der Waals surface area contributed by atoms with Crippen LogP contribution in [0.5, 0.6) is 5.75 Å². The molecule has 0 atom stereocenters. The van der Waals surface area contributed by atoms with E-state index in [1.54, 1.807) is 11.0 Å². The van der Waals surface area contributed by atoms with Crippen LogP contribution in [0.2, 0.25) is 0 Å². The third kappa shape index (κ3) is 3.59. The van der Waals surface area contributed by atoms with Crippen LogP contribution in [0.15, 0.2) is 40.9 Å². The van der Waals surface area contributed by atoms with E-state index in [9.17, 15) is 9.59 Å². The lowest BCUT2D eigenvalue weighted by atomic mass is 10.1. The highest BCUT2D eigenvalue weighted by Crippen LogP contribution is 2.32. The van der Waals surface area contributed by atoms with Crippen LogP contribution >= 0.6 is 15.9 Å². The van der Waals surface area contributed by atoms with Gasteiger partial charge >= 0.3 is 5.97 Å². The summed E-state index contributed by atoms with van der Waals surface area (Å²) in [6.45, 7) is 4.00. The van der Waals surface area contributed by atoms with Gasteiger partial charge in [0.1, 0.15) is 6.54 Å². The molecule has 2 aromatic carbocycles. The van der Waals surface area contributed by atoms with Crippen molar-refractivity contribution in [2.75, 3.05) is 23.3 Å². The van der Waals surface area contributed by atoms with Crippen molar-refractivity contribution in [2.45, 2.75) is 13.8 Å². The first-order chi connectivity index (χ1) is 11.4. The molecule has 1 N–H and O–H groups in total. The molecule has 1 aliphatic heterocycles. The quantitative estimate of drug-likeness (QED) is 0.646. The van der Waals surface area contributed by atoms with Crippen molar-refractivity contribution in [3.05, 3.63) is 52.0 Å². The maximum Gasteiger partial charge on any atom is 0.331 e. The zero-order chi connectivity index (χ0) is 17.3. The minimum Gasteiger partial charge on any atom is -0.423 e. The summed E-state index contributed by atoms with van der Waals surface area (Å²) in [5.41, 5.74) is 3.47. The standard InChI is InChI=1S/C18H17BrN2O3/c1-11-3-6-15-16(7-11)24-18(23)10-21(15)9-17(22)20-14-5-4-13(19)8-12(14)2/h3-8H,9-10H2,1-2H3,(H,20,22). The molecule has 0 fully saturated rings. The molecular weight excluding hydrogens is 372 g/mol.